The Kier molecular flexibility index (Phi) is 7.20. The van der Waals surface area contributed by atoms with Gasteiger partial charge in [0.1, 0.15) is 28.4 Å². The monoisotopic (exact) mass is 518 g/mol. The molecule has 0 unspecified atom stereocenters. The summed E-state index contributed by atoms with van der Waals surface area (Å²) in [7, 11) is 0. The molecule has 7 nitrogen and oxygen atoms in total. The summed E-state index contributed by atoms with van der Waals surface area (Å²) in [5, 5.41) is 12.8. The minimum Gasteiger partial charge on any atom is -0.325 e. The lowest BCUT2D eigenvalue weighted by molar-refractivity contribution is -0.137. The van der Waals surface area contributed by atoms with Gasteiger partial charge in [0.15, 0.2) is 0 Å². The van der Waals surface area contributed by atoms with E-state index in [-0.39, 0.29) is 11.3 Å². The molecule has 2 heterocycles. The van der Waals surface area contributed by atoms with Crippen molar-refractivity contribution in [1.82, 2.24) is 20.2 Å². The molecule has 0 bridgehead atoms. The zero-order valence-electron chi connectivity index (χ0n) is 18.8. The van der Waals surface area contributed by atoms with E-state index >= 15 is 0 Å². The second kappa shape index (κ2) is 10.3. The van der Waals surface area contributed by atoms with Gasteiger partial charge in [0.05, 0.1) is 16.9 Å². The van der Waals surface area contributed by atoms with Crippen LogP contribution < -0.4 is 10.6 Å². The molecule has 0 aliphatic carbocycles. The predicted octanol–water partition coefficient (Wildman–Crippen LogP) is 6.10. The van der Waals surface area contributed by atoms with Crippen molar-refractivity contribution in [1.29, 1.82) is 0 Å². The Morgan fingerprint density at radius 1 is 1.06 bits per heavy atom. The van der Waals surface area contributed by atoms with Gasteiger partial charge in [-0.05, 0) is 55.7 Å². The number of carbonyl (C=O) groups is 1. The van der Waals surface area contributed by atoms with E-state index in [1.165, 1.54) is 18.2 Å². The number of hydrogen-bond acceptors (Lipinski definition) is 5. The summed E-state index contributed by atoms with van der Waals surface area (Å²) in [6, 6.07) is 11.5. The normalized spacial score (nSPS) is 11.4. The van der Waals surface area contributed by atoms with Crippen LogP contribution in [-0.2, 0) is 19.0 Å². The van der Waals surface area contributed by atoms with Crippen molar-refractivity contribution in [2.45, 2.75) is 25.9 Å². The smallest absolute Gasteiger partial charge is 0.325 e. The Morgan fingerprint density at radius 3 is 2.61 bits per heavy atom. The van der Waals surface area contributed by atoms with Gasteiger partial charge in [0.25, 0.3) is 5.91 Å². The molecular formula is C24H19ClF4N6O. The van der Waals surface area contributed by atoms with E-state index in [0.717, 1.165) is 18.2 Å². The number of rotatable bonds is 7. The number of carbonyl (C=O) groups excluding carboxylic acids is 1. The third kappa shape index (κ3) is 6.36. The number of alkyl halides is 3. The number of anilines is 3. The van der Waals surface area contributed by atoms with Gasteiger partial charge < -0.3 is 10.6 Å². The van der Waals surface area contributed by atoms with E-state index in [4.69, 9.17) is 11.6 Å². The molecule has 0 aliphatic heterocycles. The van der Waals surface area contributed by atoms with Gasteiger partial charge in [-0.2, -0.15) is 18.3 Å². The van der Waals surface area contributed by atoms with Gasteiger partial charge in [-0.25, -0.2) is 14.4 Å². The molecule has 0 fully saturated rings. The number of H-pyrrole nitrogens is 1. The number of nitrogens with zero attached hydrogens (tertiary/aromatic N) is 3. The number of aromatic amines is 1. The van der Waals surface area contributed by atoms with Crippen LogP contribution in [0.4, 0.5) is 34.9 Å². The van der Waals surface area contributed by atoms with Crippen molar-refractivity contribution in [3.8, 4) is 0 Å². The van der Waals surface area contributed by atoms with Crippen LogP contribution in [0.25, 0.3) is 0 Å². The first kappa shape index (κ1) is 25.1. The Balaban J connectivity index is 1.40. The molecular weight excluding hydrogens is 500 g/mol. The summed E-state index contributed by atoms with van der Waals surface area (Å²) < 4.78 is 53.1. The first-order valence-corrected chi connectivity index (χ1v) is 11.0. The van der Waals surface area contributed by atoms with Gasteiger partial charge in [-0.3, -0.25) is 9.89 Å². The Hall–Kier alpha value is -3.99. The molecule has 4 aromatic rings. The highest BCUT2D eigenvalue weighted by Crippen LogP contribution is 2.30. The zero-order valence-corrected chi connectivity index (χ0v) is 19.5. The zero-order chi connectivity index (χ0) is 25.9. The lowest BCUT2D eigenvalue weighted by Crippen LogP contribution is -2.15. The van der Waals surface area contributed by atoms with Crippen LogP contribution in [0.3, 0.4) is 0 Å². The first-order valence-electron chi connectivity index (χ1n) is 10.7. The van der Waals surface area contributed by atoms with Crippen LogP contribution in [0.5, 0.6) is 0 Å². The number of hydrogen-bond donors (Lipinski definition) is 3. The number of amides is 1. The second-order valence-electron chi connectivity index (χ2n) is 7.87. The van der Waals surface area contributed by atoms with Crippen LogP contribution in [-0.4, -0.2) is 26.1 Å². The molecule has 36 heavy (non-hydrogen) atoms. The van der Waals surface area contributed by atoms with Crippen LogP contribution in [0.1, 0.15) is 33.0 Å². The second-order valence-corrected chi connectivity index (χ2v) is 8.26. The summed E-state index contributed by atoms with van der Waals surface area (Å²) in [6.45, 7) is 1.72. The van der Waals surface area contributed by atoms with Crippen LogP contribution in [0, 0.1) is 12.7 Å². The third-order valence-electron chi connectivity index (χ3n) is 5.10. The van der Waals surface area contributed by atoms with Crippen molar-refractivity contribution < 1.29 is 22.4 Å². The summed E-state index contributed by atoms with van der Waals surface area (Å²) in [6.07, 6.45) is -3.63. The molecule has 3 N–H and O–H groups in total. The number of nitrogens with one attached hydrogen (secondary N) is 3. The SMILES string of the molecule is Cc1nc(Cl)cc(Nc2cc(CCc3ccc(F)c(NC(=O)c4cccc(C(F)(F)F)c4)c3)n[nH]2)n1. The first-order chi connectivity index (χ1) is 17.1. The highest BCUT2D eigenvalue weighted by Gasteiger charge is 2.31. The molecule has 2 aromatic heterocycles. The molecule has 2 aromatic carbocycles. The fourth-order valence-electron chi connectivity index (χ4n) is 3.42. The largest absolute Gasteiger partial charge is 0.416 e. The lowest BCUT2D eigenvalue weighted by Gasteiger charge is -2.11. The summed E-state index contributed by atoms with van der Waals surface area (Å²) in [5.41, 5.74) is 0.0940. The highest BCUT2D eigenvalue weighted by molar-refractivity contribution is 6.29. The topological polar surface area (TPSA) is 95.6 Å². The van der Waals surface area contributed by atoms with Crippen molar-refractivity contribution in [2.24, 2.45) is 0 Å². The quantitative estimate of drug-likeness (QED) is 0.203. The summed E-state index contributed by atoms with van der Waals surface area (Å²) in [5.74, 6) is 0.0519. The average molecular weight is 519 g/mol. The predicted molar refractivity (Wildman–Crippen MR) is 127 cm³/mol. The molecule has 0 saturated carbocycles. The van der Waals surface area contributed by atoms with Gasteiger partial charge in [0, 0.05) is 17.7 Å². The number of benzene rings is 2. The van der Waals surface area contributed by atoms with E-state index in [1.54, 1.807) is 25.1 Å². The van der Waals surface area contributed by atoms with E-state index in [0.29, 0.717) is 46.7 Å². The van der Waals surface area contributed by atoms with Crippen LogP contribution in [0.2, 0.25) is 5.15 Å². The molecule has 0 saturated heterocycles. The highest BCUT2D eigenvalue weighted by atomic mass is 35.5. The molecule has 0 aliphatic rings. The molecule has 0 spiro atoms. The molecule has 186 valence electrons. The third-order valence-corrected chi connectivity index (χ3v) is 5.29. The fraction of sp³-hybridized carbons (Fsp3) is 0.167. The van der Waals surface area contributed by atoms with Crippen LogP contribution >= 0.6 is 11.6 Å². The molecule has 4 rings (SSSR count). The maximum Gasteiger partial charge on any atom is 0.416 e. The number of halogens is 5. The summed E-state index contributed by atoms with van der Waals surface area (Å²) in [4.78, 5) is 20.7. The molecule has 12 heteroatoms. The molecule has 0 atom stereocenters. The minimum atomic E-state index is -4.59. The van der Waals surface area contributed by atoms with Gasteiger partial charge >= 0.3 is 6.18 Å². The number of aromatic nitrogens is 4. The lowest BCUT2D eigenvalue weighted by atomic mass is 10.1. The Labute approximate surface area is 207 Å². The van der Waals surface area contributed by atoms with E-state index in [9.17, 15) is 22.4 Å². The fourth-order valence-corrected chi connectivity index (χ4v) is 3.64. The Bertz CT molecular complexity index is 1390. The van der Waals surface area contributed by atoms with Gasteiger partial charge in [-0.1, -0.05) is 23.7 Å². The Morgan fingerprint density at radius 2 is 1.86 bits per heavy atom. The standard InChI is InChI=1S/C24H19ClF4N6O/c1-13-30-20(25)12-21(31-13)33-22-11-17(34-35-22)7-5-14-6-8-18(26)19(9-14)32-23(36)15-3-2-4-16(10-15)24(27,28)29/h2-4,6,8-12H,5,7H2,1H3,(H,32,36)(H2,30,31,33,34,35). The average Bonchev–Trinajstić information content (AvgIpc) is 3.25. The molecule has 1 amide bonds. The van der Waals surface area contributed by atoms with Gasteiger partial charge in [0.2, 0.25) is 0 Å². The van der Waals surface area contributed by atoms with Crippen molar-refractivity contribution in [3.05, 3.63) is 93.8 Å². The maximum atomic E-state index is 14.3. The number of aryl methyl sites for hydroxylation is 3. The van der Waals surface area contributed by atoms with E-state index in [2.05, 4.69) is 30.8 Å². The van der Waals surface area contributed by atoms with E-state index in [1.807, 2.05) is 0 Å². The van der Waals surface area contributed by atoms with Crippen molar-refractivity contribution >= 4 is 34.8 Å². The molecule has 0 radical (unpaired) electrons. The van der Waals surface area contributed by atoms with Crippen molar-refractivity contribution in [3.63, 3.8) is 0 Å². The minimum absolute atomic E-state index is 0.129. The van der Waals surface area contributed by atoms with E-state index < -0.39 is 23.5 Å². The van der Waals surface area contributed by atoms with Crippen molar-refractivity contribution in [2.75, 3.05) is 10.6 Å². The van der Waals surface area contributed by atoms with Crippen LogP contribution in [0.15, 0.2) is 54.6 Å². The van der Waals surface area contributed by atoms with Gasteiger partial charge in [-0.15, -0.1) is 0 Å². The maximum absolute atomic E-state index is 14.3. The summed E-state index contributed by atoms with van der Waals surface area (Å²) >= 11 is 5.94.